The highest BCUT2D eigenvalue weighted by Gasteiger charge is 2.26. The molecule has 17 heavy (non-hydrogen) atoms. The number of amides is 1. The Kier molecular flexibility index (Phi) is 3.22. The van der Waals surface area contributed by atoms with Crippen LogP contribution < -0.4 is 11.5 Å². The second-order valence-corrected chi connectivity index (χ2v) is 4.66. The van der Waals surface area contributed by atoms with Crippen molar-refractivity contribution in [3.8, 4) is 0 Å². The lowest BCUT2D eigenvalue weighted by molar-refractivity contribution is 0.0788. The second-order valence-electron chi connectivity index (χ2n) is 4.66. The summed E-state index contributed by atoms with van der Waals surface area (Å²) in [5.41, 5.74) is 13.1. The molecule has 1 aromatic rings. The van der Waals surface area contributed by atoms with Gasteiger partial charge in [0.2, 0.25) is 0 Å². The number of nitrogens with zero attached hydrogens (tertiary/aromatic N) is 1. The zero-order valence-corrected chi connectivity index (χ0v) is 10.1. The van der Waals surface area contributed by atoms with E-state index >= 15 is 0 Å². The van der Waals surface area contributed by atoms with Crippen LogP contribution in [0, 0.1) is 5.92 Å². The highest BCUT2D eigenvalue weighted by Crippen LogP contribution is 2.23. The topological polar surface area (TPSA) is 72.3 Å². The number of hydrogen-bond acceptors (Lipinski definition) is 3. The maximum atomic E-state index is 12.2. The summed E-state index contributed by atoms with van der Waals surface area (Å²) in [5.74, 6) is 0.660. The molecule has 0 saturated carbocycles. The molecule has 0 radical (unpaired) electrons. The van der Waals surface area contributed by atoms with E-state index in [1.165, 1.54) is 0 Å². The van der Waals surface area contributed by atoms with Crippen LogP contribution >= 0.6 is 0 Å². The van der Waals surface area contributed by atoms with Gasteiger partial charge in [0.25, 0.3) is 5.91 Å². The maximum Gasteiger partial charge on any atom is 0.255 e. The maximum absolute atomic E-state index is 12.2. The smallest absolute Gasteiger partial charge is 0.255 e. The van der Waals surface area contributed by atoms with Crippen molar-refractivity contribution >= 4 is 17.3 Å². The van der Waals surface area contributed by atoms with Crippen LogP contribution in [0.3, 0.4) is 0 Å². The normalized spacial score (nSPS) is 19.6. The fraction of sp³-hybridized carbons (Fsp3) is 0.462. The summed E-state index contributed by atoms with van der Waals surface area (Å²) in [5, 5.41) is 0. The Morgan fingerprint density at radius 2 is 2.24 bits per heavy atom. The quantitative estimate of drug-likeness (QED) is 0.764. The van der Waals surface area contributed by atoms with E-state index in [-0.39, 0.29) is 5.91 Å². The first-order valence-corrected chi connectivity index (χ1v) is 6.06. The Morgan fingerprint density at radius 3 is 2.82 bits per heavy atom. The Morgan fingerprint density at radius 1 is 1.47 bits per heavy atom. The van der Waals surface area contributed by atoms with Crippen molar-refractivity contribution in [2.75, 3.05) is 24.6 Å². The predicted octanol–water partition coefficient (Wildman–Crippen LogP) is 1.72. The lowest BCUT2D eigenvalue weighted by Gasteiger charge is -2.17. The minimum atomic E-state index is 0.0263. The van der Waals surface area contributed by atoms with E-state index in [4.69, 9.17) is 11.5 Å². The summed E-state index contributed by atoms with van der Waals surface area (Å²) in [6, 6.07) is 5.07. The van der Waals surface area contributed by atoms with E-state index in [0.717, 1.165) is 25.9 Å². The number of carbonyl (C=O) groups excluding carboxylic acids is 1. The molecule has 4 heteroatoms. The first kappa shape index (κ1) is 11.8. The average molecular weight is 233 g/mol. The molecule has 4 nitrogen and oxygen atoms in total. The van der Waals surface area contributed by atoms with Crippen molar-refractivity contribution in [3.05, 3.63) is 23.8 Å². The van der Waals surface area contributed by atoms with Crippen molar-refractivity contribution in [1.82, 2.24) is 4.90 Å². The monoisotopic (exact) mass is 233 g/mol. The largest absolute Gasteiger partial charge is 0.399 e. The highest BCUT2D eigenvalue weighted by atomic mass is 16.2. The van der Waals surface area contributed by atoms with Crippen molar-refractivity contribution in [3.63, 3.8) is 0 Å². The molecule has 0 aromatic heterocycles. The number of hydrogen-bond donors (Lipinski definition) is 2. The van der Waals surface area contributed by atoms with Gasteiger partial charge in [0.15, 0.2) is 0 Å². The fourth-order valence-corrected chi connectivity index (χ4v) is 2.30. The molecule has 0 bridgehead atoms. The van der Waals surface area contributed by atoms with Gasteiger partial charge in [0.05, 0.1) is 5.56 Å². The summed E-state index contributed by atoms with van der Waals surface area (Å²) >= 11 is 0. The summed E-state index contributed by atoms with van der Waals surface area (Å²) in [4.78, 5) is 14.1. The Balaban J connectivity index is 2.15. The van der Waals surface area contributed by atoms with Crippen molar-refractivity contribution in [2.45, 2.75) is 19.8 Å². The van der Waals surface area contributed by atoms with E-state index in [2.05, 4.69) is 6.92 Å². The SMILES string of the molecule is CCC1CCN(C(=O)c2ccc(N)cc2N)C1. The van der Waals surface area contributed by atoms with Crippen molar-refractivity contribution < 1.29 is 4.79 Å². The third-order valence-corrected chi connectivity index (χ3v) is 3.46. The molecule has 0 aliphatic carbocycles. The zero-order valence-electron chi connectivity index (χ0n) is 10.1. The van der Waals surface area contributed by atoms with Crippen LogP contribution in [0.5, 0.6) is 0 Å². The van der Waals surface area contributed by atoms with Crippen molar-refractivity contribution in [1.29, 1.82) is 0 Å². The molecule has 1 aliphatic heterocycles. The van der Waals surface area contributed by atoms with E-state index in [0.29, 0.717) is 22.9 Å². The number of nitrogens with two attached hydrogens (primary N) is 2. The van der Waals surface area contributed by atoms with Crippen LogP contribution in [-0.4, -0.2) is 23.9 Å². The molecule has 1 saturated heterocycles. The first-order chi connectivity index (χ1) is 8.11. The summed E-state index contributed by atoms with van der Waals surface area (Å²) in [6.45, 7) is 3.84. The Bertz CT molecular complexity index is 431. The van der Waals surface area contributed by atoms with E-state index < -0.39 is 0 Å². The van der Waals surface area contributed by atoms with Gasteiger partial charge in [-0.3, -0.25) is 4.79 Å². The van der Waals surface area contributed by atoms with Gasteiger partial charge in [0.1, 0.15) is 0 Å². The van der Waals surface area contributed by atoms with E-state index in [1.54, 1.807) is 18.2 Å². The van der Waals surface area contributed by atoms with Crippen LogP contribution in [-0.2, 0) is 0 Å². The molecule has 1 fully saturated rings. The van der Waals surface area contributed by atoms with Gasteiger partial charge in [0, 0.05) is 24.5 Å². The Hall–Kier alpha value is -1.71. The molecule has 4 N–H and O–H groups in total. The molecule has 1 unspecified atom stereocenters. The fourth-order valence-electron chi connectivity index (χ4n) is 2.30. The lowest BCUT2D eigenvalue weighted by atomic mass is 10.1. The highest BCUT2D eigenvalue weighted by molar-refractivity contribution is 5.99. The first-order valence-electron chi connectivity index (χ1n) is 6.06. The molecule has 0 spiro atoms. The molecule has 1 atom stereocenters. The average Bonchev–Trinajstić information content (AvgIpc) is 2.76. The molecule has 1 heterocycles. The van der Waals surface area contributed by atoms with E-state index in [1.807, 2.05) is 4.90 Å². The van der Waals surface area contributed by atoms with Gasteiger partial charge in [-0.05, 0) is 30.5 Å². The standard InChI is InChI=1S/C13H19N3O/c1-2-9-5-6-16(8-9)13(17)11-4-3-10(14)7-12(11)15/h3-4,7,9H,2,5-6,8,14-15H2,1H3. The third kappa shape index (κ3) is 2.35. The van der Waals surface area contributed by atoms with Crippen LogP contribution in [0.2, 0.25) is 0 Å². The number of anilines is 2. The minimum absolute atomic E-state index is 0.0263. The number of rotatable bonds is 2. The molecular formula is C13H19N3O. The number of benzene rings is 1. The van der Waals surface area contributed by atoms with Gasteiger partial charge in [-0.25, -0.2) is 0 Å². The predicted molar refractivity (Wildman–Crippen MR) is 69.6 cm³/mol. The molecule has 1 aliphatic rings. The third-order valence-electron chi connectivity index (χ3n) is 3.46. The molecule has 92 valence electrons. The molecule has 1 aromatic carbocycles. The summed E-state index contributed by atoms with van der Waals surface area (Å²) in [7, 11) is 0. The zero-order chi connectivity index (χ0) is 12.4. The molecule has 2 rings (SSSR count). The number of nitrogen functional groups attached to an aromatic ring is 2. The van der Waals surface area contributed by atoms with Crippen LogP contribution in [0.25, 0.3) is 0 Å². The minimum Gasteiger partial charge on any atom is -0.399 e. The van der Waals surface area contributed by atoms with Gasteiger partial charge in [-0.2, -0.15) is 0 Å². The van der Waals surface area contributed by atoms with Gasteiger partial charge >= 0.3 is 0 Å². The Labute approximate surface area is 102 Å². The number of carbonyl (C=O) groups is 1. The molecule has 1 amide bonds. The van der Waals surface area contributed by atoms with Crippen molar-refractivity contribution in [2.24, 2.45) is 5.92 Å². The number of likely N-dealkylation sites (tertiary alicyclic amines) is 1. The summed E-state index contributed by atoms with van der Waals surface area (Å²) < 4.78 is 0. The van der Waals surface area contributed by atoms with Crippen LogP contribution in [0.1, 0.15) is 30.1 Å². The summed E-state index contributed by atoms with van der Waals surface area (Å²) in [6.07, 6.45) is 2.22. The lowest BCUT2D eigenvalue weighted by Crippen LogP contribution is -2.29. The van der Waals surface area contributed by atoms with E-state index in [9.17, 15) is 4.79 Å². The van der Waals surface area contributed by atoms with Gasteiger partial charge in [-0.15, -0.1) is 0 Å². The van der Waals surface area contributed by atoms with Crippen LogP contribution in [0.4, 0.5) is 11.4 Å². The van der Waals surface area contributed by atoms with Gasteiger partial charge < -0.3 is 16.4 Å². The van der Waals surface area contributed by atoms with Crippen LogP contribution in [0.15, 0.2) is 18.2 Å². The second kappa shape index (κ2) is 4.65. The molecular weight excluding hydrogens is 214 g/mol. The van der Waals surface area contributed by atoms with Gasteiger partial charge in [-0.1, -0.05) is 13.3 Å².